The predicted octanol–water partition coefficient (Wildman–Crippen LogP) is 1.63. The highest BCUT2D eigenvalue weighted by molar-refractivity contribution is 6.33. The number of hydrogen-bond acceptors (Lipinski definition) is 6. The summed E-state index contributed by atoms with van der Waals surface area (Å²) in [6, 6.07) is 16.5. The molecule has 0 bridgehead atoms. The van der Waals surface area contributed by atoms with E-state index >= 15 is 0 Å². The highest BCUT2D eigenvalue weighted by atomic mass is 35.5. The smallest absolute Gasteiger partial charge is 0.262 e. The van der Waals surface area contributed by atoms with Gasteiger partial charge >= 0.3 is 0 Å². The molecule has 154 valence electrons. The van der Waals surface area contributed by atoms with Crippen molar-refractivity contribution in [2.75, 3.05) is 19.0 Å². The Morgan fingerprint density at radius 3 is 2.50 bits per heavy atom. The first-order chi connectivity index (χ1) is 14.5. The number of nitrogens with one attached hydrogen (secondary N) is 1. The molecular weight excluding hydrogens is 406 g/mol. The zero-order valence-electron chi connectivity index (χ0n) is 16.4. The van der Waals surface area contributed by atoms with Crippen LogP contribution in [0.25, 0.3) is 11.4 Å². The summed E-state index contributed by atoms with van der Waals surface area (Å²) >= 11 is 6.24. The molecule has 2 unspecified atom stereocenters. The molecule has 10 heteroatoms. The highest BCUT2D eigenvalue weighted by Crippen LogP contribution is 2.37. The molecule has 2 aromatic carbocycles. The quantitative estimate of drug-likeness (QED) is 0.476. The Morgan fingerprint density at radius 1 is 1.13 bits per heavy atom. The number of carbonyl (C=O) groups excluding carboxylic acids is 2. The number of carbonyl (C=O) groups is 2. The number of benzene rings is 2. The average Bonchev–Trinajstić information content (AvgIpc) is 3.22. The summed E-state index contributed by atoms with van der Waals surface area (Å²) in [6.07, 6.45) is 0. The van der Waals surface area contributed by atoms with E-state index in [2.05, 4.69) is 21.0 Å². The fraction of sp³-hybridized carbons (Fsp3) is 0.250. The zero-order chi connectivity index (χ0) is 21.3. The van der Waals surface area contributed by atoms with Gasteiger partial charge in [0.2, 0.25) is 0 Å². The van der Waals surface area contributed by atoms with Gasteiger partial charge in [0.25, 0.3) is 11.8 Å². The van der Waals surface area contributed by atoms with Crippen molar-refractivity contribution in [3.63, 3.8) is 0 Å². The summed E-state index contributed by atoms with van der Waals surface area (Å²) in [7, 11) is 3.89. The molecule has 1 aliphatic heterocycles. The number of tetrazole rings is 1. The number of anilines is 1. The fourth-order valence-corrected chi connectivity index (χ4v) is 3.64. The van der Waals surface area contributed by atoms with Crippen LogP contribution in [-0.2, 0) is 16.1 Å². The number of amides is 2. The Balaban J connectivity index is 1.46. The van der Waals surface area contributed by atoms with Gasteiger partial charge in [-0.25, -0.2) is 9.69 Å². The van der Waals surface area contributed by atoms with Gasteiger partial charge in [0.15, 0.2) is 5.82 Å². The standard InChI is InChI=1S/C20H20ClN7O2/c1-26(2)15-10-8-13(9-11-15)18-17(21)20(30)28(18)23-16(29)12-27-19(22-24-25-27)14-6-4-3-5-7-14/h3-11,17-18H,12H2,1-2H3,(H,23,29). The van der Waals surface area contributed by atoms with Crippen LogP contribution in [0.4, 0.5) is 5.69 Å². The maximum absolute atomic E-state index is 12.6. The van der Waals surface area contributed by atoms with E-state index in [1.165, 1.54) is 9.69 Å². The molecule has 30 heavy (non-hydrogen) atoms. The Morgan fingerprint density at radius 2 is 1.83 bits per heavy atom. The molecule has 2 heterocycles. The second-order valence-corrected chi connectivity index (χ2v) is 7.57. The van der Waals surface area contributed by atoms with Crippen LogP contribution in [0.15, 0.2) is 54.6 Å². The van der Waals surface area contributed by atoms with Crippen molar-refractivity contribution < 1.29 is 9.59 Å². The number of hydrogen-bond donors (Lipinski definition) is 1. The topological polar surface area (TPSA) is 96.2 Å². The Hall–Kier alpha value is -3.46. The number of aromatic nitrogens is 4. The molecule has 0 saturated carbocycles. The lowest BCUT2D eigenvalue weighted by Crippen LogP contribution is -2.63. The molecular formula is C20H20ClN7O2. The monoisotopic (exact) mass is 425 g/mol. The lowest BCUT2D eigenvalue weighted by molar-refractivity contribution is -0.156. The Kier molecular flexibility index (Phi) is 5.37. The van der Waals surface area contributed by atoms with E-state index in [0.29, 0.717) is 5.82 Å². The minimum Gasteiger partial charge on any atom is -0.378 e. The van der Waals surface area contributed by atoms with Crippen molar-refractivity contribution in [3.8, 4) is 11.4 Å². The molecule has 4 rings (SSSR count). The molecule has 1 aliphatic rings. The third-order valence-corrected chi connectivity index (χ3v) is 5.31. The average molecular weight is 426 g/mol. The summed E-state index contributed by atoms with van der Waals surface area (Å²) in [4.78, 5) is 26.8. The lowest BCUT2D eigenvalue weighted by Gasteiger charge is -2.44. The van der Waals surface area contributed by atoms with Crippen LogP contribution in [0.5, 0.6) is 0 Å². The van der Waals surface area contributed by atoms with Gasteiger partial charge in [0.1, 0.15) is 18.0 Å². The van der Waals surface area contributed by atoms with Gasteiger partial charge in [-0.05, 0) is 28.1 Å². The van der Waals surface area contributed by atoms with Crippen molar-refractivity contribution in [2.45, 2.75) is 18.0 Å². The number of rotatable bonds is 6. The van der Waals surface area contributed by atoms with E-state index in [0.717, 1.165) is 16.8 Å². The van der Waals surface area contributed by atoms with Crippen LogP contribution in [0.2, 0.25) is 0 Å². The highest BCUT2D eigenvalue weighted by Gasteiger charge is 2.48. The minimum absolute atomic E-state index is 0.139. The van der Waals surface area contributed by atoms with E-state index in [1.54, 1.807) is 0 Å². The van der Waals surface area contributed by atoms with E-state index in [1.807, 2.05) is 73.6 Å². The zero-order valence-corrected chi connectivity index (χ0v) is 17.2. The van der Waals surface area contributed by atoms with Crippen molar-refractivity contribution >= 4 is 29.1 Å². The normalized spacial score (nSPS) is 18.1. The van der Waals surface area contributed by atoms with Gasteiger partial charge in [-0.15, -0.1) is 16.7 Å². The van der Waals surface area contributed by atoms with Crippen LogP contribution < -0.4 is 10.3 Å². The van der Waals surface area contributed by atoms with Gasteiger partial charge in [0.05, 0.1) is 0 Å². The molecule has 0 spiro atoms. The summed E-state index contributed by atoms with van der Waals surface area (Å²) in [5.74, 6) is -0.315. The summed E-state index contributed by atoms with van der Waals surface area (Å²) in [6.45, 7) is -0.139. The van der Waals surface area contributed by atoms with Gasteiger partial charge in [-0.1, -0.05) is 42.5 Å². The summed E-state index contributed by atoms with van der Waals surface area (Å²) < 4.78 is 1.38. The van der Waals surface area contributed by atoms with Gasteiger partial charge in [0, 0.05) is 25.3 Å². The molecule has 9 nitrogen and oxygen atoms in total. The van der Waals surface area contributed by atoms with Crippen LogP contribution in [0.1, 0.15) is 11.6 Å². The Bertz CT molecular complexity index is 1050. The van der Waals surface area contributed by atoms with Crippen molar-refractivity contribution in [2.24, 2.45) is 0 Å². The van der Waals surface area contributed by atoms with E-state index in [-0.39, 0.29) is 12.5 Å². The molecule has 0 radical (unpaired) electrons. The molecule has 1 fully saturated rings. The third kappa shape index (κ3) is 3.71. The van der Waals surface area contributed by atoms with Crippen molar-refractivity contribution in [1.29, 1.82) is 0 Å². The molecule has 2 amide bonds. The second-order valence-electron chi connectivity index (χ2n) is 7.10. The first kappa shape index (κ1) is 19.8. The maximum atomic E-state index is 12.6. The lowest BCUT2D eigenvalue weighted by atomic mass is 9.95. The SMILES string of the molecule is CN(C)c1ccc(C2C(Cl)C(=O)N2NC(=O)Cn2nnnc2-c2ccccc2)cc1. The second kappa shape index (κ2) is 8.11. The van der Waals surface area contributed by atoms with Crippen molar-refractivity contribution in [1.82, 2.24) is 30.6 Å². The molecule has 2 atom stereocenters. The Labute approximate surface area is 178 Å². The fourth-order valence-electron chi connectivity index (χ4n) is 3.28. The number of hydrazine groups is 1. The molecule has 1 N–H and O–H groups in total. The van der Waals surface area contributed by atoms with Crippen LogP contribution in [0, 0.1) is 0 Å². The van der Waals surface area contributed by atoms with Gasteiger partial charge in [-0.3, -0.25) is 15.0 Å². The van der Waals surface area contributed by atoms with Crippen LogP contribution in [-0.4, -0.2) is 56.5 Å². The van der Waals surface area contributed by atoms with E-state index < -0.39 is 17.3 Å². The molecule has 1 saturated heterocycles. The molecule has 1 aromatic heterocycles. The maximum Gasteiger partial charge on any atom is 0.262 e. The van der Waals surface area contributed by atoms with Crippen LogP contribution >= 0.6 is 11.6 Å². The molecule has 3 aromatic rings. The van der Waals surface area contributed by atoms with E-state index in [9.17, 15) is 9.59 Å². The summed E-state index contributed by atoms with van der Waals surface area (Å²) in [5.41, 5.74) is 5.29. The third-order valence-electron chi connectivity index (χ3n) is 4.88. The van der Waals surface area contributed by atoms with Crippen molar-refractivity contribution in [3.05, 3.63) is 60.2 Å². The number of nitrogens with zero attached hydrogens (tertiary/aromatic N) is 6. The number of halogens is 1. The number of β-lactam (4-membered cyclic amide) rings is 1. The predicted molar refractivity (Wildman–Crippen MR) is 111 cm³/mol. The minimum atomic E-state index is -0.733. The number of alkyl halides is 1. The van der Waals surface area contributed by atoms with Crippen LogP contribution in [0.3, 0.4) is 0 Å². The first-order valence-electron chi connectivity index (χ1n) is 9.31. The largest absolute Gasteiger partial charge is 0.378 e. The van der Waals surface area contributed by atoms with Gasteiger partial charge in [-0.2, -0.15) is 0 Å². The van der Waals surface area contributed by atoms with E-state index in [4.69, 9.17) is 11.6 Å². The first-order valence-corrected chi connectivity index (χ1v) is 9.75. The summed E-state index contributed by atoms with van der Waals surface area (Å²) in [5, 5.41) is 12.0. The molecule has 0 aliphatic carbocycles. The van der Waals surface area contributed by atoms with Gasteiger partial charge < -0.3 is 4.90 Å².